The molecule has 0 spiro atoms. The zero-order chi connectivity index (χ0) is 16.0. The maximum absolute atomic E-state index is 5.66. The molecule has 0 bridgehead atoms. The first-order chi connectivity index (χ1) is 11.2. The minimum Gasteiger partial charge on any atom is -0.371 e. The molecule has 3 N–H and O–H groups in total. The third-order valence-corrected chi connectivity index (χ3v) is 4.88. The van der Waals surface area contributed by atoms with Gasteiger partial charge in [0.2, 0.25) is 0 Å². The van der Waals surface area contributed by atoms with Crippen LogP contribution in [-0.2, 0) is 13.6 Å². The van der Waals surface area contributed by atoms with Crippen LogP contribution in [0.15, 0.2) is 30.6 Å². The lowest BCUT2D eigenvalue weighted by Gasteiger charge is -2.01. The summed E-state index contributed by atoms with van der Waals surface area (Å²) in [6, 6.07) is 8.18. The van der Waals surface area contributed by atoms with E-state index in [2.05, 4.69) is 27.4 Å². The Balaban J connectivity index is 1.96. The first kappa shape index (κ1) is 14.1. The van der Waals surface area contributed by atoms with Crippen LogP contribution in [0.25, 0.3) is 32.0 Å². The van der Waals surface area contributed by atoms with E-state index in [4.69, 9.17) is 10.7 Å². The van der Waals surface area contributed by atoms with Gasteiger partial charge in [0, 0.05) is 26.2 Å². The number of aryl methyl sites for hydroxylation is 1. The molecule has 0 radical (unpaired) electrons. The minimum atomic E-state index is 0.544. The summed E-state index contributed by atoms with van der Waals surface area (Å²) in [7, 11) is 3.83. The summed E-state index contributed by atoms with van der Waals surface area (Å²) in [6.07, 6.45) is 1.79. The van der Waals surface area contributed by atoms with Crippen molar-refractivity contribution < 1.29 is 0 Å². The predicted molar refractivity (Wildman–Crippen MR) is 94.6 cm³/mol. The van der Waals surface area contributed by atoms with Crippen molar-refractivity contribution >= 4 is 38.5 Å². The molecule has 6 nitrogen and oxygen atoms in total. The average molecular weight is 324 g/mol. The number of aromatic nitrogens is 4. The van der Waals surface area contributed by atoms with Crippen molar-refractivity contribution in [2.75, 3.05) is 12.4 Å². The first-order valence-corrected chi connectivity index (χ1v) is 8.11. The van der Waals surface area contributed by atoms with Gasteiger partial charge in [0.25, 0.3) is 0 Å². The highest BCUT2D eigenvalue weighted by molar-refractivity contribution is 7.21. The molecule has 3 aromatic heterocycles. The molecule has 7 heteroatoms. The van der Waals surface area contributed by atoms with Crippen molar-refractivity contribution in [2.45, 2.75) is 6.54 Å². The summed E-state index contributed by atoms with van der Waals surface area (Å²) in [5, 5.41) is 4.07. The molecule has 1 aromatic carbocycles. The van der Waals surface area contributed by atoms with Gasteiger partial charge < -0.3 is 15.6 Å². The van der Waals surface area contributed by atoms with Gasteiger partial charge in [-0.25, -0.2) is 15.0 Å². The number of fused-ring (bicyclic) bond motifs is 3. The monoisotopic (exact) mass is 324 g/mol. The number of hydrogen-bond donors (Lipinski definition) is 2. The number of imidazole rings is 1. The van der Waals surface area contributed by atoms with Gasteiger partial charge in [-0.15, -0.1) is 0 Å². The van der Waals surface area contributed by atoms with Gasteiger partial charge in [-0.2, -0.15) is 0 Å². The van der Waals surface area contributed by atoms with Crippen molar-refractivity contribution in [3.8, 4) is 10.6 Å². The number of benzene rings is 1. The number of thiazole rings is 1. The summed E-state index contributed by atoms with van der Waals surface area (Å²) in [5.74, 6) is 0.779. The SMILES string of the molecule is CNc1nc2sc(-c3ccc(CN)cc3)nc2c2c1ncn2C. The van der Waals surface area contributed by atoms with Crippen molar-refractivity contribution in [2.24, 2.45) is 12.8 Å². The van der Waals surface area contributed by atoms with Crippen molar-refractivity contribution in [1.29, 1.82) is 0 Å². The van der Waals surface area contributed by atoms with Crippen LogP contribution >= 0.6 is 11.3 Å². The smallest absolute Gasteiger partial charge is 0.155 e. The number of pyridine rings is 1. The van der Waals surface area contributed by atoms with E-state index in [0.717, 1.165) is 43.3 Å². The Labute approximate surface area is 137 Å². The van der Waals surface area contributed by atoms with Crippen LogP contribution in [0.3, 0.4) is 0 Å². The topological polar surface area (TPSA) is 81.7 Å². The fraction of sp³-hybridized carbons (Fsp3) is 0.188. The van der Waals surface area contributed by atoms with Gasteiger partial charge in [0.1, 0.15) is 26.4 Å². The minimum absolute atomic E-state index is 0.544. The predicted octanol–water partition coefficient (Wildman–Crippen LogP) is 2.75. The van der Waals surface area contributed by atoms with Gasteiger partial charge >= 0.3 is 0 Å². The summed E-state index contributed by atoms with van der Waals surface area (Å²) in [6.45, 7) is 0.544. The van der Waals surface area contributed by atoms with E-state index in [0.29, 0.717) is 6.54 Å². The zero-order valence-corrected chi connectivity index (χ0v) is 13.7. The molecular weight excluding hydrogens is 308 g/mol. The van der Waals surface area contributed by atoms with E-state index in [1.165, 1.54) is 0 Å². The number of anilines is 1. The number of rotatable bonds is 3. The molecule has 4 rings (SSSR count). The third kappa shape index (κ3) is 2.16. The van der Waals surface area contributed by atoms with Crippen molar-refractivity contribution in [3.05, 3.63) is 36.2 Å². The van der Waals surface area contributed by atoms with E-state index in [1.807, 2.05) is 30.8 Å². The fourth-order valence-corrected chi connectivity index (χ4v) is 3.61. The lowest BCUT2D eigenvalue weighted by molar-refractivity contribution is 0.949. The molecule has 116 valence electrons. The third-order valence-electron chi connectivity index (χ3n) is 3.88. The summed E-state index contributed by atoms with van der Waals surface area (Å²) >= 11 is 1.59. The van der Waals surface area contributed by atoms with Crippen LogP contribution in [0.5, 0.6) is 0 Å². The normalized spacial score (nSPS) is 11.4. The number of nitrogens with zero attached hydrogens (tertiary/aromatic N) is 4. The van der Waals surface area contributed by atoms with Crippen LogP contribution in [0.2, 0.25) is 0 Å². The van der Waals surface area contributed by atoms with E-state index >= 15 is 0 Å². The Morgan fingerprint density at radius 3 is 2.65 bits per heavy atom. The largest absolute Gasteiger partial charge is 0.371 e. The van der Waals surface area contributed by atoms with E-state index in [1.54, 1.807) is 17.7 Å². The Hall–Kier alpha value is -2.51. The molecule has 0 saturated heterocycles. The van der Waals surface area contributed by atoms with Gasteiger partial charge in [-0.3, -0.25) is 0 Å². The second kappa shape index (κ2) is 5.29. The lowest BCUT2D eigenvalue weighted by atomic mass is 10.1. The zero-order valence-electron chi connectivity index (χ0n) is 12.9. The van der Waals surface area contributed by atoms with Crippen molar-refractivity contribution in [1.82, 2.24) is 19.5 Å². The Morgan fingerprint density at radius 2 is 1.96 bits per heavy atom. The molecule has 0 atom stereocenters. The lowest BCUT2D eigenvalue weighted by Crippen LogP contribution is -1.95. The molecule has 0 unspecified atom stereocenters. The fourth-order valence-electron chi connectivity index (χ4n) is 2.66. The number of nitrogens with two attached hydrogens (primary N) is 1. The Kier molecular flexibility index (Phi) is 3.24. The van der Waals surface area contributed by atoms with Crippen LogP contribution in [0.4, 0.5) is 5.82 Å². The van der Waals surface area contributed by atoms with Crippen LogP contribution in [0.1, 0.15) is 5.56 Å². The van der Waals surface area contributed by atoms with Gasteiger partial charge in [0.05, 0.1) is 6.33 Å². The highest BCUT2D eigenvalue weighted by Gasteiger charge is 2.16. The molecule has 23 heavy (non-hydrogen) atoms. The molecule has 0 aliphatic heterocycles. The number of nitrogens with one attached hydrogen (secondary N) is 1. The van der Waals surface area contributed by atoms with Crippen LogP contribution in [0, 0.1) is 0 Å². The molecule has 4 aromatic rings. The highest BCUT2D eigenvalue weighted by Crippen LogP contribution is 2.35. The second-order valence-electron chi connectivity index (χ2n) is 5.34. The molecule has 0 amide bonds. The maximum Gasteiger partial charge on any atom is 0.155 e. The van der Waals surface area contributed by atoms with Crippen LogP contribution in [-0.4, -0.2) is 26.6 Å². The molecule has 0 fully saturated rings. The van der Waals surface area contributed by atoms with Crippen molar-refractivity contribution in [3.63, 3.8) is 0 Å². The molecule has 0 aliphatic rings. The summed E-state index contributed by atoms with van der Waals surface area (Å²) in [5.41, 5.74) is 10.6. The molecule has 0 aliphatic carbocycles. The standard InChI is InChI=1S/C16H16N6S/c1-18-14-11-13(22(2)8-19-11)12-16(21-14)23-15(20-12)10-5-3-9(7-17)4-6-10/h3-6,8H,7,17H2,1-2H3,(H,18,21). The quantitative estimate of drug-likeness (QED) is 0.605. The summed E-state index contributed by atoms with van der Waals surface area (Å²) < 4.78 is 1.99. The molecule has 0 saturated carbocycles. The van der Waals surface area contributed by atoms with E-state index in [-0.39, 0.29) is 0 Å². The van der Waals surface area contributed by atoms with Gasteiger partial charge in [-0.05, 0) is 5.56 Å². The Morgan fingerprint density at radius 1 is 1.17 bits per heavy atom. The summed E-state index contributed by atoms with van der Waals surface area (Å²) in [4.78, 5) is 14.8. The second-order valence-corrected chi connectivity index (χ2v) is 6.31. The van der Waals surface area contributed by atoms with E-state index < -0.39 is 0 Å². The molecular formula is C16H16N6S. The highest BCUT2D eigenvalue weighted by atomic mass is 32.1. The maximum atomic E-state index is 5.66. The Bertz CT molecular complexity index is 999. The average Bonchev–Trinajstić information content (AvgIpc) is 3.17. The molecule has 3 heterocycles. The van der Waals surface area contributed by atoms with E-state index in [9.17, 15) is 0 Å². The van der Waals surface area contributed by atoms with Gasteiger partial charge in [0.15, 0.2) is 5.82 Å². The van der Waals surface area contributed by atoms with Gasteiger partial charge in [-0.1, -0.05) is 35.6 Å². The number of hydrogen-bond acceptors (Lipinski definition) is 6. The first-order valence-electron chi connectivity index (χ1n) is 7.30. The van der Waals surface area contributed by atoms with Crippen LogP contribution < -0.4 is 11.1 Å².